The fourth-order valence-electron chi connectivity index (χ4n) is 2.78. The van der Waals surface area contributed by atoms with E-state index in [0.717, 1.165) is 11.1 Å². The lowest BCUT2D eigenvalue weighted by molar-refractivity contribution is -0.142. The molecule has 28 heavy (non-hydrogen) atoms. The number of benzene rings is 2. The van der Waals surface area contributed by atoms with E-state index in [4.69, 9.17) is 0 Å². The van der Waals surface area contributed by atoms with Gasteiger partial charge < -0.3 is 15.7 Å². The normalized spacial score (nSPS) is 12.9. The van der Waals surface area contributed by atoms with E-state index in [1.807, 2.05) is 37.3 Å². The Morgan fingerprint density at radius 1 is 0.929 bits per heavy atom. The number of carbonyl (C=O) groups is 3. The largest absolute Gasteiger partial charge is 0.480 e. The van der Waals surface area contributed by atoms with Crippen LogP contribution >= 0.6 is 0 Å². The van der Waals surface area contributed by atoms with E-state index in [2.05, 4.69) is 10.6 Å². The van der Waals surface area contributed by atoms with Crippen molar-refractivity contribution in [1.82, 2.24) is 10.6 Å². The number of carboxylic acids is 1. The first-order valence-electron chi connectivity index (χ1n) is 9.22. The molecule has 148 valence electrons. The molecule has 0 heterocycles. The van der Waals surface area contributed by atoms with Gasteiger partial charge in [0.1, 0.15) is 12.1 Å². The maximum Gasteiger partial charge on any atom is 0.326 e. The van der Waals surface area contributed by atoms with Crippen molar-refractivity contribution in [3.63, 3.8) is 0 Å². The lowest BCUT2D eigenvalue weighted by Gasteiger charge is -2.24. The summed E-state index contributed by atoms with van der Waals surface area (Å²) in [7, 11) is 0. The summed E-state index contributed by atoms with van der Waals surface area (Å²) in [6.07, 6.45) is 0.165. The average molecular weight is 382 g/mol. The molecule has 0 radical (unpaired) electrons. The molecule has 2 rings (SSSR count). The Morgan fingerprint density at radius 3 is 2.07 bits per heavy atom. The van der Waals surface area contributed by atoms with Crippen molar-refractivity contribution in [3.05, 3.63) is 71.3 Å². The van der Waals surface area contributed by atoms with Gasteiger partial charge in [0, 0.05) is 12.0 Å². The molecular formula is C22H26N2O4. The molecule has 2 unspecified atom stereocenters. The number of nitrogens with one attached hydrogen (secondary N) is 2. The van der Waals surface area contributed by atoms with Crippen molar-refractivity contribution in [2.75, 3.05) is 0 Å². The summed E-state index contributed by atoms with van der Waals surface area (Å²) in [5.74, 6) is -2.22. The molecule has 0 spiro atoms. The van der Waals surface area contributed by atoms with Crippen LogP contribution in [0, 0.1) is 12.8 Å². The second kappa shape index (κ2) is 9.69. The number of amides is 2. The minimum Gasteiger partial charge on any atom is -0.480 e. The number of hydrogen-bond acceptors (Lipinski definition) is 3. The summed E-state index contributed by atoms with van der Waals surface area (Å²) in [5.41, 5.74) is 2.28. The molecule has 2 aromatic carbocycles. The van der Waals surface area contributed by atoms with Gasteiger partial charge in [0.2, 0.25) is 5.91 Å². The van der Waals surface area contributed by atoms with Gasteiger partial charge in [0.05, 0.1) is 0 Å². The van der Waals surface area contributed by atoms with E-state index < -0.39 is 24.0 Å². The van der Waals surface area contributed by atoms with Gasteiger partial charge in [0.15, 0.2) is 0 Å². The fraction of sp³-hybridized carbons (Fsp3) is 0.318. The Bertz CT molecular complexity index is 816. The summed E-state index contributed by atoms with van der Waals surface area (Å²) in [4.78, 5) is 36.8. The third kappa shape index (κ3) is 5.94. The molecular weight excluding hydrogens is 356 g/mol. The SMILES string of the molecule is Cc1ccc(C(=O)NC(C(=O)NC(Cc2ccccc2)C(=O)O)C(C)C)cc1. The van der Waals surface area contributed by atoms with E-state index in [1.165, 1.54) is 0 Å². The Labute approximate surface area is 165 Å². The van der Waals surface area contributed by atoms with Crippen LogP contribution in [-0.4, -0.2) is 35.0 Å². The number of carboxylic acid groups (broad SMARTS) is 1. The van der Waals surface area contributed by atoms with Crippen molar-refractivity contribution in [2.24, 2.45) is 5.92 Å². The van der Waals surface area contributed by atoms with Gasteiger partial charge in [-0.3, -0.25) is 9.59 Å². The molecule has 0 aliphatic rings. The van der Waals surface area contributed by atoms with Gasteiger partial charge >= 0.3 is 5.97 Å². The van der Waals surface area contributed by atoms with Gasteiger partial charge in [-0.15, -0.1) is 0 Å². The quantitative estimate of drug-likeness (QED) is 0.654. The molecule has 6 nitrogen and oxygen atoms in total. The molecule has 3 N–H and O–H groups in total. The van der Waals surface area contributed by atoms with Crippen LogP contribution < -0.4 is 10.6 Å². The first-order chi connectivity index (χ1) is 13.3. The first kappa shape index (κ1) is 21.2. The van der Waals surface area contributed by atoms with Crippen LogP contribution in [0.15, 0.2) is 54.6 Å². The molecule has 2 amide bonds. The van der Waals surface area contributed by atoms with Crippen molar-refractivity contribution < 1.29 is 19.5 Å². The number of hydrogen-bond donors (Lipinski definition) is 3. The highest BCUT2D eigenvalue weighted by Gasteiger charge is 2.29. The standard InChI is InChI=1S/C22H26N2O4/c1-14(2)19(24-20(25)17-11-9-15(3)10-12-17)21(26)23-18(22(27)28)13-16-7-5-4-6-8-16/h4-12,14,18-19H,13H2,1-3H3,(H,23,26)(H,24,25)(H,27,28). The number of aliphatic carboxylic acids is 1. The van der Waals surface area contributed by atoms with Gasteiger partial charge in [-0.05, 0) is 30.5 Å². The van der Waals surface area contributed by atoms with E-state index in [-0.39, 0.29) is 18.2 Å². The van der Waals surface area contributed by atoms with Gasteiger partial charge in [-0.25, -0.2) is 4.79 Å². The molecule has 2 atom stereocenters. The predicted octanol–water partition coefficient (Wildman–Crippen LogP) is 2.56. The molecule has 0 aliphatic heterocycles. The predicted molar refractivity (Wildman–Crippen MR) is 107 cm³/mol. The smallest absolute Gasteiger partial charge is 0.326 e. The lowest BCUT2D eigenvalue weighted by atomic mass is 10.0. The van der Waals surface area contributed by atoms with Gasteiger partial charge in [-0.2, -0.15) is 0 Å². The minimum absolute atomic E-state index is 0.165. The summed E-state index contributed by atoms with van der Waals surface area (Å²) in [6.45, 7) is 5.52. The Hall–Kier alpha value is -3.15. The molecule has 0 saturated carbocycles. The zero-order valence-corrected chi connectivity index (χ0v) is 16.3. The average Bonchev–Trinajstić information content (AvgIpc) is 2.66. The highest BCUT2D eigenvalue weighted by atomic mass is 16.4. The number of rotatable bonds is 8. The van der Waals surface area contributed by atoms with Gasteiger partial charge in [0.25, 0.3) is 5.91 Å². The first-order valence-corrected chi connectivity index (χ1v) is 9.22. The van der Waals surface area contributed by atoms with E-state index in [0.29, 0.717) is 5.56 Å². The van der Waals surface area contributed by atoms with Crippen LogP contribution in [0.3, 0.4) is 0 Å². The highest BCUT2D eigenvalue weighted by Crippen LogP contribution is 2.09. The monoisotopic (exact) mass is 382 g/mol. The Kier molecular flexibility index (Phi) is 7.32. The molecule has 0 aliphatic carbocycles. The van der Waals surface area contributed by atoms with E-state index in [9.17, 15) is 19.5 Å². The third-order valence-electron chi connectivity index (χ3n) is 4.45. The summed E-state index contributed by atoms with van der Waals surface area (Å²) < 4.78 is 0. The van der Waals surface area contributed by atoms with Crippen molar-refractivity contribution in [2.45, 2.75) is 39.3 Å². The molecule has 6 heteroatoms. The van der Waals surface area contributed by atoms with Crippen molar-refractivity contribution in [1.29, 1.82) is 0 Å². The minimum atomic E-state index is -1.12. The second-order valence-electron chi connectivity index (χ2n) is 7.15. The van der Waals surface area contributed by atoms with Gasteiger partial charge in [-0.1, -0.05) is 61.9 Å². The maximum absolute atomic E-state index is 12.7. The lowest BCUT2D eigenvalue weighted by Crippen LogP contribution is -2.54. The van der Waals surface area contributed by atoms with E-state index in [1.54, 1.807) is 38.1 Å². The van der Waals surface area contributed by atoms with Crippen LogP contribution in [0.1, 0.15) is 35.3 Å². The fourth-order valence-corrected chi connectivity index (χ4v) is 2.78. The molecule has 2 aromatic rings. The third-order valence-corrected chi connectivity index (χ3v) is 4.45. The molecule has 0 aromatic heterocycles. The summed E-state index contributed by atoms with van der Waals surface area (Å²) in [6, 6.07) is 14.2. The topological polar surface area (TPSA) is 95.5 Å². The highest BCUT2D eigenvalue weighted by molar-refractivity contribution is 5.98. The Morgan fingerprint density at radius 2 is 1.54 bits per heavy atom. The molecule has 0 saturated heterocycles. The van der Waals surface area contributed by atoms with E-state index >= 15 is 0 Å². The zero-order valence-electron chi connectivity index (χ0n) is 16.3. The van der Waals surface area contributed by atoms with Crippen LogP contribution in [-0.2, 0) is 16.0 Å². The molecule has 0 fully saturated rings. The zero-order chi connectivity index (χ0) is 20.7. The second-order valence-corrected chi connectivity index (χ2v) is 7.15. The van der Waals surface area contributed by atoms with Crippen LogP contribution in [0.25, 0.3) is 0 Å². The summed E-state index contributed by atoms with van der Waals surface area (Å²) >= 11 is 0. The van der Waals surface area contributed by atoms with Crippen LogP contribution in [0.2, 0.25) is 0 Å². The maximum atomic E-state index is 12.7. The van der Waals surface area contributed by atoms with Crippen molar-refractivity contribution in [3.8, 4) is 0 Å². The van der Waals surface area contributed by atoms with Crippen LogP contribution in [0.5, 0.6) is 0 Å². The van der Waals surface area contributed by atoms with Crippen molar-refractivity contribution >= 4 is 17.8 Å². The number of aryl methyl sites for hydroxylation is 1. The Balaban J connectivity index is 2.08. The van der Waals surface area contributed by atoms with Crippen LogP contribution in [0.4, 0.5) is 0 Å². The summed E-state index contributed by atoms with van der Waals surface area (Å²) in [5, 5.41) is 14.8. The molecule has 0 bridgehead atoms. The number of carbonyl (C=O) groups excluding carboxylic acids is 2.